The van der Waals surface area contributed by atoms with E-state index in [0.717, 1.165) is 49.8 Å². The summed E-state index contributed by atoms with van der Waals surface area (Å²) in [5, 5.41) is 10.7. The number of halogens is 5. The maximum absolute atomic E-state index is 17.5. The Kier molecular flexibility index (Phi) is 8.38. The van der Waals surface area contributed by atoms with Gasteiger partial charge in [-0.1, -0.05) is 0 Å². The fourth-order valence-electron chi connectivity index (χ4n) is 9.32. The first-order valence-corrected chi connectivity index (χ1v) is 18.3. The fourth-order valence-corrected chi connectivity index (χ4v) is 10.2. The number of alkyl halides is 3. The molecule has 52 heavy (non-hydrogen) atoms. The number of hydrogen-bond donors (Lipinski definition) is 1. The van der Waals surface area contributed by atoms with E-state index in [9.17, 15) is 18.4 Å². The minimum atomic E-state index is -2.84. The molecule has 8 heterocycles. The highest BCUT2D eigenvalue weighted by Crippen LogP contribution is 2.48. The number of hydrogen-bond acceptors (Lipinski definition) is 12. The molecule has 5 aliphatic heterocycles. The summed E-state index contributed by atoms with van der Waals surface area (Å²) in [7, 11) is 0. The van der Waals surface area contributed by atoms with Crippen LogP contribution >= 0.6 is 11.3 Å². The molecule has 0 radical (unpaired) electrons. The number of rotatable bonds is 9. The number of nitrogens with two attached hydrogens (primary N) is 1. The second-order valence-electron chi connectivity index (χ2n) is 14.4. The minimum absolute atomic E-state index is 0.0121. The lowest BCUT2D eigenvalue weighted by atomic mass is 9.93. The number of piperazine rings is 1. The van der Waals surface area contributed by atoms with Gasteiger partial charge in [0.2, 0.25) is 0 Å². The molecule has 2 N–H and O–H groups in total. The number of likely N-dealkylation sites (tertiary alicyclic amines) is 1. The first kappa shape index (κ1) is 33.9. The van der Waals surface area contributed by atoms with Gasteiger partial charge >= 0.3 is 12.6 Å². The Bertz CT molecular complexity index is 2120. The van der Waals surface area contributed by atoms with Crippen LogP contribution in [0.2, 0.25) is 0 Å². The predicted molar refractivity (Wildman–Crippen MR) is 182 cm³/mol. The third-order valence-electron chi connectivity index (χ3n) is 11.5. The third-order valence-corrected chi connectivity index (χ3v) is 12.5. The van der Waals surface area contributed by atoms with Crippen LogP contribution in [0, 0.1) is 23.0 Å². The van der Waals surface area contributed by atoms with Gasteiger partial charge in [0, 0.05) is 55.6 Å². The van der Waals surface area contributed by atoms with E-state index >= 15 is 8.78 Å². The summed E-state index contributed by atoms with van der Waals surface area (Å²) in [4.78, 5) is 20.4. The fraction of sp³-hybridized carbons (Fsp3) is 0.543. The van der Waals surface area contributed by atoms with Gasteiger partial charge in [0.1, 0.15) is 35.2 Å². The summed E-state index contributed by atoms with van der Waals surface area (Å²) in [6.07, 6.45) is 3.64. The average molecular weight is 743 g/mol. The summed E-state index contributed by atoms with van der Waals surface area (Å²) in [6.45, 7) is -0.0818. The summed E-state index contributed by atoms with van der Waals surface area (Å²) < 4.78 is 89.5. The van der Waals surface area contributed by atoms with Crippen molar-refractivity contribution >= 4 is 43.1 Å². The Morgan fingerprint density at radius 2 is 1.90 bits per heavy atom. The van der Waals surface area contributed by atoms with Crippen molar-refractivity contribution in [3.8, 4) is 23.3 Å². The topological polar surface area (TPSA) is 126 Å². The van der Waals surface area contributed by atoms with Crippen LogP contribution in [0.4, 0.5) is 32.8 Å². The molecule has 17 heteroatoms. The quantitative estimate of drug-likeness (QED) is 0.218. The Labute approximate surface area is 299 Å². The SMILES string of the molecule is N#Cc1c(N)sc2c(F)cnc(-c3c4c(c5c(N6C7CCC6CN(CCOC(F)F)C7)nc(OC[C@@]67CCCN6C[C@H](F)C7)nc5c3F)COC4)c12. The number of ether oxygens (including phenoxy) is 3. The lowest BCUT2D eigenvalue weighted by Crippen LogP contribution is -2.54. The van der Waals surface area contributed by atoms with E-state index < -0.39 is 30.0 Å². The molecule has 274 valence electrons. The van der Waals surface area contributed by atoms with Gasteiger partial charge in [-0.25, -0.2) is 13.2 Å². The molecule has 3 aromatic heterocycles. The van der Waals surface area contributed by atoms with Crippen molar-refractivity contribution in [1.82, 2.24) is 24.8 Å². The number of nitrogens with zero attached hydrogens (tertiary/aromatic N) is 7. The summed E-state index contributed by atoms with van der Waals surface area (Å²) >= 11 is 0.899. The van der Waals surface area contributed by atoms with Crippen LogP contribution < -0.4 is 15.4 Å². The largest absolute Gasteiger partial charge is 0.461 e. The zero-order valence-corrected chi connectivity index (χ0v) is 28.8. The average Bonchev–Trinajstić information content (AvgIpc) is 3.92. The van der Waals surface area contributed by atoms with E-state index in [-0.39, 0.29) is 81.9 Å². The Morgan fingerprint density at radius 3 is 2.67 bits per heavy atom. The zero-order valence-electron chi connectivity index (χ0n) is 28.0. The number of anilines is 2. The lowest BCUT2D eigenvalue weighted by molar-refractivity contribution is -0.132. The highest BCUT2D eigenvalue weighted by molar-refractivity contribution is 7.23. The van der Waals surface area contributed by atoms with Gasteiger partial charge in [-0.3, -0.25) is 14.8 Å². The summed E-state index contributed by atoms with van der Waals surface area (Å²) in [6, 6.07) is 1.85. The molecule has 9 rings (SSSR count). The van der Waals surface area contributed by atoms with Crippen molar-refractivity contribution in [3.05, 3.63) is 34.5 Å². The minimum Gasteiger partial charge on any atom is -0.461 e. The smallest absolute Gasteiger partial charge is 0.345 e. The second-order valence-corrected chi connectivity index (χ2v) is 15.4. The van der Waals surface area contributed by atoms with Crippen molar-refractivity contribution in [1.29, 1.82) is 5.26 Å². The van der Waals surface area contributed by atoms with Crippen LogP contribution in [-0.2, 0) is 22.7 Å². The predicted octanol–water partition coefficient (Wildman–Crippen LogP) is 5.52. The van der Waals surface area contributed by atoms with Crippen molar-refractivity contribution in [2.24, 2.45) is 0 Å². The van der Waals surface area contributed by atoms with Crippen LogP contribution in [0.25, 0.3) is 32.2 Å². The number of fused-ring (bicyclic) bond motifs is 7. The van der Waals surface area contributed by atoms with Crippen LogP contribution in [-0.4, -0.2) is 101 Å². The molecule has 0 saturated carbocycles. The van der Waals surface area contributed by atoms with Gasteiger partial charge in [0.15, 0.2) is 11.6 Å². The third kappa shape index (κ3) is 5.36. The first-order chi connectivity index (χ1) is 25.2. The van der Waals surface area contributed by atoms with Gasteiger partial charge in [-0.2, -0.15) is 24.0 Å². The Morgan fingerprint density at radius 1 is 1.12 bits per heavy atom. The Hall–Kier alpha value is -3.95. The maximum Gasteiger partial charge on any atom is 0.345 e. The van der Waals surface area contributed by atoms with Crippen LogP contribution in [0.5, 0.6) is 6.01 Å². The first-order valence-electron chi connectivity index (χ1n) is 17.5. The molecule has 4 aromatic rings. The van der Waals surface area contributed by atoms with Crippen molar-refractivity contribution in [2.45, 2.75) is 75.7 Å². The van der Waals surface area contributed by atoms with E-state index in [1.54, 1.807) is 0 Å². The van der Waals surface area contributed by atoms with Gasteiger partial charge in [0.25, 0.3) is 0 Å². The molecule has 1 aromatic carbocycles. The van der Waals surface area contributed by atoms with E-state index in [1.807, 2.05) is 6.07 Å². The standard InChI is InChI=1S/C35H35F5N8O3S/c36-17-8-35(4-1-5-47(35)11-17)16-51-34-44-29-26(32(45-34)48-18-2-3-19(48)13-46(12-18)6-7-50-33(39)40)22-15-49-14-21(22)24(27(29)38)28-25-20(9-41)31(42)52-30(25)23(37)10-43-28/h10,17-19,33H,1-8,11-16,42H2/t17-,18?,19?,35+/m1/s1. The molecule has 0 aliphatic carbocycles. The van der Waals surface area contributed by atoms with E-state index in [1.165, 1.54) is 0 Å². The van der Waals surface area contributed by atoms with Crippen LogP contribution in [0.1, 0.15) is 48.8 Å². The van der Waals surface area contributed by atoms with Gasteiger partial charge in [-0.05, 0) is 43.4 Å². The number of pyridine rings is 1. The molecule has 0 amide bonds. The van der Waals surface area contributed by atoms with Crippen molar-refractivity contribution in [2.75, 3.05) is 56.6 Å². The molecule has 11 nitrogen and oxygen atoms in total. The number of nitrogen functional groups attached to an aromatic ring is 1. The van der Waals surface area contributed by atoms with Gasteiger partial charge in [-0.15, -0.1) is 11.3 Å². The van der Waals surface area contributed by atoms with E-state index in [0.29, 0.717) is 54.9 Å². The normalized spacial score (nSPS) is 25.9. The molecule has 0 spiro atoms. The van der Waals surface area contributed by atoms with Crippen LogP contribution in [0.3, 0.4) is 0 Å². The maximum atomic E-state index is 17.5. The van der Waals surface area contributed by atoms with E-state index in [2.05, 4.69) is 29.4 Å². The number of nitriles is 1. The number of thiophene rings is 1. The van der Waals surface area contributed by atoms with Crippen molar-refractivity contribution in [3.63, 3.8) is 0 Å². The zero-order chi connectivity index (χ0) is 35.9. The highest BCUT2D eigenvalue weighted by atomic mass is 32.1. The highest BCUT2D eigenvalue weighted by Gasteiger charge is 2.50. The monoisotopic (exact) mass is 742 g/mol. The number of benzene rings is 1. The summed E-state index contributed by atoms with van der Waals surface area (Å²) in [5.41, 5.74) is 6.84. The molecular formula is C35H35F5N8O3S. The summed E-state index contributed by atoms with van der Waals surface area (Å²) in [5.74, 6) is -0.944. The molecule has 2 unspecified atom stereocenters. The molecule has 5 aliphatic rings. The molecule has 4 saturated heterocycles. The van der Waals surface area contributed by atoms with Crippen molar-refractivity contribution < 1.29 is 36.2 Å². The van der Waals surface area contributed by atoms with E-state index in [4.69, 9.17) is 20.2 Å². The lowest BCUT2D eigenvalue weighted by Gasteiger charge is -2.42. The molecule has 4 fully saturated rings. The van der Waals surface area contributed by atoms with Gasteiger partial charge < -0.3 is 24.8 Å². The molecular weight excluding hydrogens is 707 g/mol. The number of aromatic nitrogens is 3. The molecule has 4 atom stereocenters. The van der Waals surface area contributed by atoms with Crippen LogP contribution in [0.15, 0.2) is 6.20 Å². The second kappa shape index (κ2) is 12.9. The van der Waals surface area contributed by atoms with Gasteiger partial charge in [0.05, 0.1) is 52.9 Å². The Balaban J connectivity index is 1.20. The molecule has 2 bridgehead atoms.